The number of hydrogen-bond acceptors (Lipinski definition) is 4. The summed E-state index contributed by atoms with van der Waals surface area (Å²) in [6, 6.07) is 14.9. The zero-order valence-corrected chi connectivity index (χ0v) is 15.0. The first-order valence-electron chi connectivity index (χ1n) is 8.48. The molecule has 0 radical (unpaired) electrons. The summed E-state index contributed by atoms with van der Waals surface area (Å²) in [4.78, 5) is 12.1. The van der Waals surface area contributed by atoms with Gasteiger partial charge in [0.05, 0.1) is 25.9 Å². The Kier molecular flexibility index (Phi) is 7.14. The second-order valence-corrected chi connectivity index (χ2v) is 6.16. The van der Waals surface area contributed by atoms with Gasteiger partial charge in [0.2, 0.25) is 5.91 Å². The molecule has 0 aliphatic carbocycles. The van der Waals surface area contributed by atoms with Crippen molar-refractivity contribution in [2.75, 3.05) is 30.9 Å². The molecule has 5 nitrogen and oxygen atoms in total. The molecular formula is C20H26N2O3. The summed E-state index contributed by atoms with van der Waals surface area (Å²) in [5.74, 6) is 1.93. The van der Waals surface area contributed by atoms with Crippen LogP contribution in [-0.2, 0) is 4.79 Å². The first-order chi connectivity index (χ1) is 12.1. The van der Waals surface area contributed by atoms with Crippen LogP contribution in [0.15, 0.2) is 48.5 Å². The summed E-state index contributed by atoms with van der Waals surface area (Å²) < 4.78 is 11.0. The third-order valence-electron chi connectivity index (χ3n) is 3.63. The Labute approximate surface area is 149 Å². The van der Waals surface area contributed by atoms with Crippen LogP contribution >= 0.6 is 0 Å². The van der Waals surface area contributed by atoms with E-state index in [2.05, 4.69) is 24.5 Å². The first-order valence-corrected chi connectivity index (χ1v) is 8.48. The number of benzene rings is 2. The Morgan fingerprint density at radius 1 is 1.12 bits per heavy atom. The van der Waals surface area contributed by atoms with E-state index in [0.29, 0.717) is 24.0 Å². The second-order valence-electron chi connectivity index (χ2n) is 6.16. The number of hydrogen-bond donors (Lipinski definition) is 2. The normalized spacial score (nSPS) is 10.4. The smallest absolute Gasteiger partial charge is 0.243 e. The van der Waals surface area contributed by atoms with E-state index in [1.165, 1.54) is 0 Å². The summed E-state index contributed by atoms with van der Waals surface area (Å²) in [5, 5.41) is 5.94. The standard InChI is InChI=1S/C20H26N2O3/c1-15(2)11-12-25-17-8-6-7-16(13-17)22-20(23)14-21-18-9-4-5-10-19(18)24-3/h4-10,13,15,21H,11-12,14H2,1-3H3,(H,22,23). The van der Waals surface area contributed by atoms with E-state index >= 15 is 0 Å². The molecule has 0 fully saturated rings. The second kappa shape index (κ2) is 9.57. The maximum Gasteiger partial charge on any atom is 0.243 e. The topological polar surface area (TPSA) is 59.6 Å². The Balaban J connectivity index is 1.85. The van der Waals surface area contributed by atoms with Crippen molar-refractivity contribution in [3.8, 4) is 11.5 Å². The molecule has 2 aromatic rings. The number of nitrogens with one attached hydrogen (secondary N) is 2. The van der Waals surface area contributed by atoms with Crippen LogP contribution in [0.25, 0.3) is 0 Å². The molecule has 0 saturated carbocycles. The van der Waals surface area contributed by atoms with Crippen molar-refractivity contribution in [2.45, 2.75) is 20.3 Å². The van der Waals surface area contributed by atoms with Gasteiger partial charge < -0.3 is 20.1 Å². The first kappa shape index (κ1) is 18.6. The SMILES string of the molecule is COc1ccccc1NCC(=O)Nc1cccc(OCCC(C)C)c1. The van der Waals surface area contributed by atoms with Crippen LogP contribution in [0.3, 0.4) is 0 Å². The van der Waals surface area contributed by atoms with E-state index < -0.39 is 0 Å². The molecule has 2 aromatic carbocycles. The Morgan fingerprint density at radius 2 is 1.92 bits per heavy atom. The lowest BCUT2D eigenvalue weighted by Crippen LogP contribution is -2.21. The summed E-state index contributed by atoms with van der Waals surface area (Å²) in [5.41, 5.74) is 1.50. The number of anilines is 2. The Bertz CT molecular complexity index is 686. The molecule has 25 heavy (non-hydrogen) atoms. The van der Waals surface area contributed by atoms with Gasteiger partial charge in [-0.2, -0.15) is 0 Å². The maximum absolute atomic E-state index is 12.1. The Hall–Kier alpha value is -2.69. The van der Waals surface area contributed by atoms with E-state index in [0.717, 1.165) is 17.9 Å². The van der Waals surface area contributed by atoms with Crippen molar-refractivity contribution < 1.29 is 14.3 Å². The lowest BCUT2D eigenvalue weighted by atomic mass is 10.1. The van der Waals surface area contributed by atoms with Crippen molar-refractivity contribution in [3.05, 3.63) is 48.5 Å². The van der Waals surface area contributed by atoms with Crippen molar-refractivity contribution in [2.24, 2.45) is 5.92 Å². The van der Waals surface area contributed by atoms with E-state index in [4.69, 9.17) is 9.47 Å². The zero-order valence-electron chi connectivity index (χ0n) is 15.0. The average Bonchev–Trinajstić information content (AvgIpc) is 2.60. The van der Waals surface area contributed by atoms with Gasteiger partial charge in [0, 0.05) is 11.8 Å². The third kappa shape index (κ3) is 6.37. The number of methoxy groups -OCH3 is 1. The van der Waals surface area contributed by atoms with Gasteiger partial charge in [-0.25, -0.2) is 0 Å². The fourth-order valence-electron chi connectivity index (χ4n) is 2.25. The summed E-state index contributed by atoms with van der Waals surface area (Å²) in [6.45, 7) is 5.15. The quantitative estimate of drug-likeness (QED) is 0.718. The van der Waals surface area contributed by atoms with Gasteiger partial charge in [-0.15, -0.1) is 0 Å². The molecule has 134 valence electrons. The number of carbonyl (C=O) groups excluding carboxylic acids is 1. The number of rotatable bonds is 9. The third-order valence-corrected chi connectivity index (χ3v) is 3.63. The summed E-state index contributed by atoms with van der Waals surface area (Å²) >= 11 is 0. The van der Waals surface area contributed by atoms with Gasteiger partial charge in [0.1, 0.15) is 11.5 Å². The summed E-state index contributed by atoms with van der Waals surface area (Å²) in [7, 11) is 1.60. The van der Waals surface area contributed by atoms with Gasteiger partial charge >= 0.3 is 0 Å². The van der Waals surface area contributed by atoms with E-state index in [1.807, 2.05) is 48.5 Å². The lowest BCUT2D eigenvalue weighted by Gasteiger charge is -2.12. The van der Waals surface area contributed by atoms with Crippen LogP contribution in [0.4, 0.5) is 11.4 Å². The molecule has 0 bridgehead atoms. The van der Waals surface area contributed by atoms with Gasteiger partial charge in [0.25, 0.3) is 0 Å². The molecule has 5 heteroatoms. The van der Waals surface area contributed by atoms with Crippen LogP contribution < -0.4 is 20.1 Å². The number of amides is 1. The largest absolute Gasteiger partial charge is 0.495 e. The minimum atomic E-state index is -0.134. The Morgan fingerprint density at radius 3 is 2.68 bits per heavy atom. The van der Waals surface area contributed by atoms with E-state index in [9.17, 15) is 4.79 Å². The zero-order chi connectivity index (χ0) is 18.1. The molecule has 0 aromatic heterocycles. The van der Waals surface area contributed by atoms with E-state index in [-0.39, 0.29) is 12.5 Å². The van der Waals surface area contributed by atoms with Crippen molar-refractivity contribution in [1.29, 1.82) is 0 Å². The molecule has 2 rings (SSSR count). The van der Waals surface area contributed by atoms with Gasteiger partial charge in [-0.05, 0) is 36.6 Å². The molecule has 0 spiro atoms. The molecule has 0 unspecified atom stereocenters. The van der Waals surface area contributed by atoms with Gasteiger partial charge in [-0.1, -0.05) is 32.0 Å². The van der Waals surface area contributed by atoms with Crippen LogP contribution in [0.2, 0.25) is 0 Å². The van der Waals surface area contributed by atoms with Gasteiger partial charge in [-0.3, -0.25) is 4.79 Å². The fraction of sp³-hybridized carbons (Fsp3) is 0.350. The average molecular weight is 342 g/mol. The van der Waals surface area contributed by atoms with Crippen LogP contribution in [-0.4, -0.2) is 26.2 Å². The molecule has 0 heterocycles. The van der Waals surface area contributed by atoms with Crippen molar-refractivity contribution in [3.63, 3.8) is 0 Å². The predicted octanol–water partition coefficient (Wildman–Crippen LogP) is 4.17. The molecule has 0 aliphatic heterocycles. The van der Waals surface area contributed by atoms with Crippen molar-refractivity contribution in [1.82, 2.24) is 0 Å². The maximum atomic E-state index is 12.1. The van der Waals surface area contributed by atoms with Gasteiger partial charge in [0.15, 0.2) is 0 Å². The highest BCUT2D eigenvalue weighted by Crippen LogP contribution is 2.23. The lowest BCUT2D eigenvalue weighted by molar-refractivity contribution is -0.114. The molecule has 2 N–H and O–H groups in total. The number of para-hydroxylation sites is 2. The molecule has 1 amide bonds. The summed E-state index contributed by atoms with van der Waals surface area (Å²) in [6.07, 6.45) is 0.999. The molecule has 0 aliphatic rings. The molecular weight excluding hydrogens is 316 g/mol. The molecule has 0 saturated heterocycles. The highest BCUT2D eigenvalue weighted by molar-refractivity contribution is 5.94. The van der Waals surface area contributed by atoms with Crippen LogP contribution in [0.5, 0.6) is 11.5 Å². The van der Waals surface area contributed by atoms with Crippen molar-refractivity contribution >= 4 is 17.3 Å². The fourth-order valence-corrected chi connectivity index (χ4v) is 2.25. The molecule has 0 atom stereocenters. The minimum Gasteiger partial charge on any atom is -0.495 e. The van der Waals surface area contributed by atoms with Crippen LogP contribution in [0.1, 0.15) is 20.3 Å². The number of carbonyl (C=O) groups is 1. The minimum absolute atomic E-state index is 0.134. The highest BCUT2D eigenvalue weighted by atomic mass is 16.5. The monoisotopic (exact) mass is 342 g/mol. The predicted molar refractivity (Wildman–Crippen MR) is 102 cm³/mol. The number of ether oxygens (including phenoxy) is 2. The van der Waals surface area contributed by atoms with Crippen LogP contribution in [0, 0.1) is 5.92 Å². The highest BCUT2D eigenvalue weighted by Gasteiger charge is 2.06. The van der Waals surface area contributed by atoms with E-state index in [1.54, 1.807) is 7.11 Å².